The third-order valence-electron chi connectivity index (χ3n) is 4.10. The van der Waals surface area contributed by atoms with Crippen LogP contribution in [-0.2, 0) is 4.74 Å². The third kappa shape index (κ3) is 3.37. The molecule has 4 heteroatoms. The van der Waals surface area contributed by atoms with Gasteiger partial charge in [0.1, 0.15) is 5.82 Å². The van der Waals surface area contributed by atoms with Gasteiger partial charge in [-0.1, -0.05) is 19.1 Å². The van der Waals surface area contributed by atoms with Crippen LogP contribution < -0.4 is 5.73 Å². The number of benzene rings is 1. The molecular weight excluding hydrogens is 255 g/mol. The van der Waals surface area contributed by atoms with Crippen molar-refractivity contribution in [2.24, 2.45) is 5.73 Å². The van der Waals surface area contributed by atoms with Crippen LogP contribution in [0.5, 0.6) is 0 Å². The molecular formula is C16H25FN2O. The Morgan fingerprint density at radius 3 is 2.60 bits per heavy atom. The second-order valence-corrected chi connectivity index (χ2v) is 5.76. The lowest BCUT2D eigenvalue weighted by Gasteiger charge is -2.44. The molecule has 1 aliphatic rings. The zero-order valence-corrected chi connectivity index (χ0v) is 12.6. The number of ether oxygens (including phenoxy) is 1. The molecule has 0 amide bonds. The molecule has 2 rings (SSSR count). The average molecular weight is 280 g/mol. The Hall–Kier alpha value is -0.970. The SMILES string of the molecule is CCC(N)C(c1ccc(F)cc1)N1CC(C)OCC1C. The summed E-state index contributed by atoms with van der Waals surface area (Å²) in [6, 6.07) is 7.19. The fourth-order valence-electron chi connectivity index (χ4n) is 2.88. The van der Waals surface area contributed by atoms with Gasteiger partial charge >= 0.3 is 0 Å². The summed E-state index contributed by atoms with van der Waals surface area (Å²) in [6.45, 7) is 7.91. The van der Waals surface area contributed by atoms with Gasteiger partial charge in [-0.15, -0.1) is 0 Å². The minimum absolute atomic E-state index is 0.0354. The van der Waals surface area contributed by atoms with Crippen LogP contribution in [0.15, 0.2) is 24.3 Å². The molecule has 1 fully saturated rings. The van der Waals surface area contributed by atoms with Crippen LogP contribution in [0.25, 0.3) is 0 Å². The summed E-state index contributed by atoms with van der Waals surface area (Å²) >= 11 is 0. The molecule has 0 aliphatic carbocycles. The van der Waals surface area contributed by atoms with Crippen LogP contribution in [0, 0.1) is 5.82 Å². The van der Waals surface area contributed by atoms with Gasteiger partial charge in [0.25, 0.3) is 0 Å². The molecule has 1 aromatic carbocycles. The van der Waals surface area contributed by atoms with Crippen molar-refractivity contribution in [1.29, 1.82) is 0 Å². The molecule has 4 atom stereocenters. The highest BCUT2D eigenvalue weighted by molar-refractivity contribution is 5.22. The molecule has 2 N–H and O–H groups in total. The van der Waals surface area contributed by atoms with Gasteiger partial charge in [0.15, 0.2) is 0 Å². The van der Waals surface area contributed by atoms with E-state index in [-0.39, 0.29) is 24.0 Å². The van der Waals surface area contributed by atoms with Gasteiger partial charge in [-0.3, -0.25) is 4.90 Å². The van der Waals surface area contributed by atoms with Gasteiger partial charge < -0.3 is 10.5 Å². The fourth-order valence-corrected chi connectivity index (χ4v) is 2.88. The topological polar surface area (TPSA) is 38.5 Å². The average Bonchev–Trinajstić information content (AvgIpc) is 2.44. The first kappa shape index (κ1) is 15.4. The summed E-state index contributed by atoms with van der Waals surface area (Å²) in [5, 5.41) is 0. The van der Waals surface area contributed by atoms with Crippen molar-refractivity contribution < 1.29 is 9.13 Å². The summed E-state index contributed by atoms with van der Waals surface area (Å²) in [6.07, 6.45) is 1.10. The maximum absolute atomic E-state index is 13.1. The Kier molecular flexibility index (Phi) is 5.13. The Bertz CT molecular complexity index is 423. The summed E-state index contributed by atoms with van der Waals surface area (Å²) in [4.78, 5) is 2.40. The van der Waals surface area contributed by atoms with Crippen molar-refractivity contribution in [3.8, 4) is 0 Å². The minimum atomic E-state index is -0.207. The van der Waals surface area contributed by atoms with E-state index >= 15 is 0 Å². The number of rotatable bonds is 4. The number of hydrogen-bond donors (Lipinski definition) is 1. The van der Waals surface area contributed by atoms with E-state index in [1.807, 2.05) is 12.1 Å². The first-order valence-corrected chi connectivity index (χ1v) is 7.41. The Labute approximate surface area is 120 Å². The molecule has 1 heterocycles. The quantitative estimate of drug-likeness (QED) is 0.921. The van der Waals surface area contributed by atoms with E-state index in [1.54, 1.807) is 0 Å². The highest BCUT2D eigenvalue weighted by atomic mass is 19.1. The van der Waals surface area contributed by atoms with Crippen LogP contribution in [0.1, 0.15) is 38.8 Å². The van der Waals surface area contributed by atoms with Gasteiger partial charge in [-0.05, 0) is 38.0 Å². The van der Waals surface area contributed by atoms with Crippen molar-refractivity contribution in [3.05, 3.63) is 35.6 Å². The van der Waals surface area contributed by atoms with Crippen molar-refractivity contribution in [1.82, 2.24) is 4.90 Å². The first-order valence-electron chi connectivity index (χ1n) is 7.41. The van der Waals surface area contributed by atoms with Crippen molar-refractivity contribution >= 4 is 0 Å². The molecule has 4 unspecified atom stereocenters. The van der Waals surface area contributed by atoms with E-state index in [0.29, 0.717) is 6.04 Å². The van der Waals surface area contributed by atoms with Crippen molar-refractivity contribution in [2.45, 2.75) is 51.4 Å². The third-order valence-corrected chi connectivity index (χ3v) is 4.10. The molecule has 0 saturated carbocycles. The zero-order chi connectivity index (χ0) is 14.7. The van der Waals surface area contributed by atoms with Crippen LogP contribution in [0.4, 0.5) is 4.39 Å². The smallest absolute Gasteiger partial charge is 0.123 e. The Morgan fingerprint density at radius 1 is 1.35 bits per heavy atom. The predicted octanol–water partition coefficient (Wildman–Crippen LogP) is 2.71. The van der Waals surface area contributed by atoms with Gasteiger partial charge in [0, 0.05) is 18.6 Å². The molecule has 0 aromatic heterocycles. The van der Waals surface area contributed by atoms with Gasteiger partial charge in [-0.2, -0.15) is 0 Å². The second-order valence-electron chi connectivity index (χ2n) is 5.76. The molecule has 0 radical (unpaired) electrons. The van der Waals surface area contributed by atoms with Gasteiger partial charge in [-0.25, -0.2) is 4.39 Å². The molecule has 1 aromatic rings. The fraction of sp³-hybridized carbons (Fsp3) is 0.625. The normalized spacial score (nSPS) is 27.2. The van der Waals surface area contributed by atoms with Crippen LogP contribution in [-0.4, -0.2) is 36.2 Å². The predicted molar refractivity (Wildman–Crippen MR) is 79.0 cm³/mol. The van der Waals surface area contributed by atoms with E-state index in [2.05, 4.69) is 25.7 Å². The zero-order valence-electron chi connectivity index (χ0n) is 12.6. The van der Waals surface area contributed by atoms with Crippen LogP contribution in [0.2, 0.25) is 0 Å². The van der Waals surface area contributed by atoms with E-state index in [9.17, 15) is 4.39 Å². The lowest BCUT2D eigenvalue weighted by atomic mass is 9.94. The molecule has 1 saturated heterocycles. The van der Waals surface area contributed by atoms with Crippen molar-refractivity contribution in [2.75, 3.05) is 13.2 Å². The molecule has 3 nitrogen and oxygen atoms in total. The Balaban J connectivity index is 2.29. The lowest BCUT2D eigenvalue weighted by molar-refractivity contribution is -0.0707. The summed E-state index contributed by atoms with van der Waals surface area (Å²) < 4.78 is 18.8. The number of hydrogen-bond acceptors (Lipinski definition) is 3. The summed E-state index contributed by atoms with van der Waals surface area (Å²) in [5.74, 6) is -0.207. The summed E-state index contributed by atoms with van der Waals surface area (Å²) in [5.41, 5.74) is 7.43. The van der Waals surface area contributed by atoms with Crippen LogP contribution >= 0.6 is 0 Å². The van der Waals surface area contributed by atoms with Gasteiger partial charge in [0.05, 0.1) is 18.8 Å². The van der Waals surface area contributed by atoms with E-state index in [0.717, 1.165) is 25.1 Å². The van der Waals surface area contributed by atoms with E-state index in [1.165, 1.54) is 12.1 Å². The van der Waals surface area contributed by atoms with Crippen molar-refractivity contribution in [3.63, 3.8) is 0 Å². The molecule has 112 valence electrons. The summed E-state index contributed by atoms with van der Waals surface area (Å²) in [7, 11) is 0. The second kappa shape index (κ2) is 6.66. The largest absolute Gasteiger partial charge is 0.376 e. The number of halogens is 1. The van der Waals surface area contributed by atoms with E-state index < -0.39 is 0 Å². The standard InChI is InChI=1S/C16H25FN2O/c1-4-15(18)16(13-5-7-14(17)8-6-13)19-9-12(3)20-10-11(19)2/h5-8,11-12,15-16H,4,9-10,18H2,1-3H3. The molecule has 1 aliphatic heterocycles. The van der Waals surface area contributed by atoms with E-state index in [4.69, 9.17) is 10.5 Å². The van der Waals surface area contributed by atoms with Gasteiger partial charge in [0.2, 0.25) is 0 Å². The number of nitrogens with zero attached hydrogens (tertiary/aromatic N) is 1. The monoisotopic (exact) mass is 280 g/mol. The molecule has 0 spiro atoms. The molecule has 20 heavy (non-hydrogen) atoms. The first-order chi connectivity index (χ1) is 9.52. The highest BCUT2D eigenvalue weighted by Crippen LogP contribution is 2.29. The molecule has 0 bridgehead atoms. The maximum atomic E-state index is 13.1. The van der Waals surface area contributed by atoms with Crippen LogP contribution in [0.3, 0.4) is 0 Å². The number of nitrogens with two attached hydrogens (primary N) is 1. The minimum Gasteiger partial charge on any atom is -0.376 e. The maximum Gasteiger partial charge on any atom is 0.123 e. The highest BCUT2D eigenvalue weighted by Gasteiger charge is 2.33. The Morgan fingerprint density at radius 2 is 2.00 bits per heavy atom. The lowest BCUT2D eigenvalue weighted by Crippen LogP contribution is -2.53. The number of morpholine rings is 1.